The average Bonchev–Trinajstić information content (AvgIpc) is 3.56. The minimum atomic E-state index is -2.12. The van der Waals surface area contributed by atoms with Crippen LogP contribution in [0, 0.1) is 0 Å². The van der Waals surface area contributed by atoms with Crippen molar-refractivity contribution in [2.75, 3.05) is 13.7 Å². The molecule has 0 unspecified atom stereocenters. The van der Waals surface area contributed by atoms with Gasteiger partial charge in [0, 0.05) is 16.7 Å². The maximum Gasteiger partial charge on any atom is 0.351 e. The molecular weight excluding hydrogens is 642 g/mol. The van der Waals surface area contributed by atoms with Crippen molar-refractivity contribution in [3.05, 3.63) is 70.1 Å². The number of hydrogen-bond acceptors (Lipinski definition) is 8. The number of rotatable bonds is 11. The molecule has 0 aliphatic rings. The summed E-state index contributed by atoms with van der Waals surface area (Å²) in [5, 5.41) is 1.42. The van der Waals surface area contributed by atoms with E-state index in [1.54, 1.807) is 12.5 Å². The van der Waals surface area contributed by atoms with Crippen LogP contribution >= 0.6 is 22.9 Å². The van der Waals surface area contributed by atoms with Crippen molar-refractivity contribution in [3.63, 3.8) is 0 Å². The van der Waals surface area contributed by atoms with Gasteiger partial charge >= 0.3 is 5.97 Å². The zero-order chi connectivity index (χ0) is 33.4. The monoisotopic (exact) mass is 687 g/mol. The van der Waals surface area contributed by atoms with Gasteiger partial charge in [-0.05, 0) is 48.4 Å². The Morgan fingerprint density at radius 1 is 0.978 bits per heavy atom. The molecule has 12 heteroatoms. The molecule has 45 heavy (non-hydrogen) atoms. The molecule has 0 spiro atoms. The quantitative estimate of drug-likeness (QED) is 0.115. The fraction of sp³-hybridized carbons (Fsp3) is 0.485. The van der Waals surface area contributed by atoms with Crippen molar-refractivity contribution in [2.45, 2.75) is 90.5 Å². The van der Waals surface area contributed by atoms with Gasteiger partial charge in [-0.3, -0.25) is 9.55 Å². The number of carbonyl (C=O) groups excluding carboxylic acids is 1. The molecule has 244 valence electrons. The van der Waals surface area contributed by atoms with Gasteiger partial charge in [0.05, 0.1) is 37.7 Å². The van der Waals surface area contributed by atoms with Gasteiger partial charge in [0.15, 0.2) is 21.5 Å². The van der Waals surface area contributed by atoms with Gasteiger partial charge in [-0.25, -0.2) is 9.78 Å². The smallest absolute Gasteiger partial charge is 0.351 e. The molecular formula is C33H46ClN3O5SSi2. The summed E-state index contributed by atoms with van der Waals surface area (Å²) >= 11 is 7.94. The summed E-state index contributed by atoms with van der Waals surface area (Å²) in [4.78, 5) is 22.6. The summed E-state index contributed by atoms with van der Waals surface area (Å²) in [6.45, 7) is 22.8. The second-order valence-corrected chi connectivity index (χ2v) is 25.4. The van der Waals surface area contributed by atoms with Gasteiger partial charge in [0.1, 0.15) is 28.7 Å². The SMILES string of the molecule is COC(=O)c1sc(-n2cnc3cnc(CO[Si](C)(C)C(C)(C)C)cc32)cc1O[C@@H](CO[Si](C)(C)C(C)(C)C)c1ccccc1Cl. The summed E-state index contributed by atoms with van der Waals surface area (Å²) in [6.07, 6.45) is 2.93. The van der Waals surface area contributed by atoms with Crippen LogP contribution in [0.3, 0.4) is 0 Å². The van der Waals surface area contributed by atoms with Gasteiger partial charge in [-0.1, -0.05) is 71.3 Å². The highest BCUT2D eigenvalue weighted by Crippen LogP contribution is 2.41. The van der Waals surface area contributed by atoms with Crippen LogP contribution < -0.4 is 4.74 Å². The molecule has 0 radical (unpaired) electrons. The van der Waals surface area contributed by atoms with Gasteiger partial charge in [-0.15, -0.1) is 11.3 Å². The fourth-order valence-electron chi connectivity index (χ4n) is 4.06. The van der Waals surface area contributed by atoms with Crippen molar-refractivity contribution in [2.24, 2.45) is 0 Å². The zero-order valence-corrected chi connectivity index (χ0v) is 31.9. The standard InChI is InChI=1S/C33H46ClN3O5SSi2/c1-32(2,3)44(8,9)40-19-22-16-26-25(18-35-22)36-21-37(26)29-17-27(30(43-29)31(38)39-7)42-28(23-14-12-13-15-24(23)34)20-41-45(10,11)33(4,5)6/h12-18,21,28H,19-20H2,1-11H3/t28-/m0/s1. The Morgan fingerprint density at radius 3 is 2.24 bits per heavy atom. The minimum absolute atomic E-state index is 0.0106. The molecule has 0 bridgehead atoms. The molecule has 8 nitrogen and oxygen atoms in total. The summed E-state index contributed by atoms with van der Waals surface area (Å²) < 4.78 is 26.8. The lowest BCUT2D eigenvalue weighted by Gasteiger charge is -2.37. The van der Waals surface area contributed by atoms with Crippen LogP contribution in [0.25, 0.3) is 16.0 Å². The number of aromatic nitrogens is 3. The number of benzene rings is 1. The predicted molar refractivity (Wildman–Crippen MR) is 188 cm³/mol. The molecule has 4 rings (SSSR count). The van der Waals surface area contributed by atoms with Crippen LogP contribution in [-0.2, 0) is 20.2 Å². The normalized spacial score (nSPS) is 13.7. The molecule has 3 aromatic heterocycles. The number of hydrogen-bond donors (Lipinski definition) is 0. The van der Waals surface area contributed by atoms with Crippen molar-refractivity contribution in [3.8, 4) is 10.8 Å². The molecule has 0 saturated carbocycles. The van der Waals surface area contributed by atoms with Crippen molar-refractivity contribution in [1.29, 1.82) is 0 Å². The van der Waals surface area contributed by atoms with E-state index in [2.05, 4.69) is 77.7 Å². The molecule has 1 atom stereocenters. The number of carbonyl (C=O) groups is 1. The first-order valence-electron chi connectivity index (χ1n) is 15.1. The first-order chi connectivity index (χ1) is 20.8. The number of fused-ring (bicyclic) bond motifs is 1. The van der Waals surface area contributed by atoms with Crippen LogP contribution in [0.2, 0.25) is 41.3 Å². The van der Waals surface area contributed by atoms with Crippen molar-refractivity contribution < 1.29 is 23.1 Å². The van der Waals surface area contributed by atoms with Crippen LogP contribution in [0.1, 0.15) is 68.6 Å². The van der Waals surface area contributed by atoms with E-state index in [9.17, 15) is 4.79 Å². The number of halogens is 1. The van der Waals surface area contributed by atoms with E-state index in [1.807, 2.05) is 41.0 Å². The van der Waals surface area contributed by atoms with E-state index in [0.29, 0.717) is 22.3 Å². The van der Waals surface area contributed by atoms with E-state index >= 15 is 0 Å². The number of nitrogens with zero attached hydrogens (tertiary/aromatic N) is 3. The molecule has 0 fully saturated rings. The third-order valence-electron chi connectivity index (χ3n) is 9.09. The van der Waals surface area contributed by atoms with Crippen LogP contribution in [0.5, 0.6) is 5.75 Å². The van der Waals surface area contributed by atoms with E-state index in [0.717, 1.165) is 27.3 Å². The molecule has 1 aromatic carbocycles. The largest absolute Gasteiger partial charge is 0.481 e. The number of esters is 1. The first kappa shape index (κ1) is 35.3. The Morgan fingerprint density at radius 2 is 1.62 bits per heavy atom. The molecule has 0 amide bonds. The molecule has 3 heterocycles. The fourth-order valence-corrected chi connectivity index (χ4v) is 7.25. The highest BCUT2D eigenvalue weighted by molar-refractivity contribution is 7.16. The number of thiophene rings is 1. The number of ether oxygens (including phenoxy) is 2. The zero-order valence-electron chi connectivity index (χ0n) is 28.3. The minimum Gasteiger partial charge on any atom is -0.481 e. The molecule has 4 aromatic rings. The lowest BCUT2D eigenvalue weighted by atomic mass is 10.1. The number of methoxy groups -OCH3 is 1. The van der Waals surface area contributed by atoms with E-state index in [1.165, 1.54) is 18.4 Å². The second-order valence-electron chi connectivity index (χ2n) is 14.3. The summed E-state index contributed by atoms with van der Waals surface area (Å²) in [5.41, 5.74) is 3.19. The van der Waals surface area contributed by atoms with Crippen LogP contribution in [-0.4, -0.2) is 50.9 Å². The Labute approximate surface area is 278 Å². The maximum atomic E-state index is 13.0. The topological polar surface area (TPSA) is 84.7 Å². The third-order valence-corrected chi connectivity index (χ3v) is 19.5. The first-order valence-corrected chi connectivity index (χ1v) is 22.1. The third kappa shape index (κ3) is 7.89. The van der Waals surface area contributed by atoms with E-state index < -0.39 is 28.7 Å². The van der Waals surface area contributed by atoms with Crippen LogP contribution in [0.15, 0.2) is 48.9 Å². The highest BCUT2D eigenvalue weighted by atomic mass is 35.5. The summed E-state index contributed by atoms with van der Waals surface area (Å²) in [6, 6.07) is 11.4. The summed E-state index contributed by atoms with van der Waals surface area (Å²) in [7, 11) is -2.71. The predicted octanol–water partition coefficient (Wildman–Crippen LogP) is 9.59. The molecule has 0 aliphatic carbocycles. The van der Waals surface area contributed by atoms with Gasteiger partial charge in [0.2, 0.25) is 0 Å². The Hall–Kier alpha value is -2.55. The van der Waals surface area contributed by atoms with Crippen molar-refractivity contribution >= 4 is 56.6 Å². The Kier molecular flexibility index (Phi) is 10.4. The van der Waals surface area contributed by atoms with Crippen molar-refractivity contribution in [1.82, 2.24) is 14.5 Å². The maximum absolute atomic E-state index is 13.0. The average molecular weight is 688 g/mol. The number of imidazole rings is 1. The van der Waals surface area contributed by atoms with E-state index in [-0.39, 0.29) is 16.7 Å². The molecule has 0 aliphatic heterocycles. The summed E-state index contributed by atoms with van der Waals surface area (Å²) in [5.74, 6) is -0.0954. The molecule has 0 saturated heterocycles. The lowest BCUT2D eigenvalue weighted by molar-refractivity contribution is 0.0594. The Balaban J connectivity index is 1.71. The van der Waals surface area contributed by atoms with Crippen LogP contribution in [0.4, 0.5) is 0 Å². The van der Waals surface area contributed by atoms with Gasteiger partial charge < -0.3 is 18.3 Å². The number of pyridine rings is 1. The van der Waals surface area contributed by atoms with E-state index in [4.69, 9.17) is 29.9 Å². The molecule has 0 N–H and O–H groups in total. The van der Waals surface area contributed by atoms with Gasteiger partial charge in [0.25, 0.3) is 0 Å². The van der Waals surface area contributed by atoms with Gasteiger partial charge in [-0.2, -0.15) is 0 Å². The Bertz CT molecular complexity index is 1660. The second kappa shape index (κ2) is 13.3. The lowest BCUT2D eigenvalue weighted by Crippen LogP contribution is -2.42. The highest BCUT2D eigenvalue weighted by Gasteiger charge is 2.39.